The molecule has 0 spiro atoms. The van der Waals surface area contributed by atoms with Gasteiger partial charge in [-0.25, -0.2) is 8.78 Å². The van der Waals surface area contributed by atoms with Gasteiger partial charge < -0.3 is 4.74 Å². The summed E-state index contributed by atoms with van der Waals surface area (Å²) in [6.07, 6.45) is -10.9. The molecule has 0 aromatic heterocycles. The number of hydrogen-bond donors (Lipinski definition) is 0. The molecule has 178 valence electrons. The maximum absolute atomic E-state index is 13.4. The molecule has 0 aliphatic carbocycles. The highest BCUT2D eigenvalue weighted by molar-refractivity contribution is 5.86. The number of azo groups is 1. The number of hydrogen-bond acceptors (Lipinski definition) is 4. The molecule has 0 fully saturated rings. The van der Waals surface area contributed by atoms with Crippen LogP contribution < -0.4 is 0 Å². The lowest BCUT2D eigenvalue weighted by Gasteiger charge is -2.31. The van der Waals surface area contributed by atoms with Crippen molar-refractivity contribution < 1.29 is 39.9 Å². The smallest absolute Gasteiger partial charge is 0.311 e. The molecular weight excluding hydrogens is 474 g/mol. The molecule has 0 amide bonds. The lowest BCUT2D eigenvalue weighted by Crippen LogP contribution is -2.58. The van der Waals surface area contributed by atoms with Crippen molar-refractivity contribution in [2.24, 2.45) is 10.2 Å². The van der Waals surface area contributed by atoms with Crippen LogP contribution in [0.3, 0.4) is 0 Å². The molecule has 0 heterocycles. The minimum atomic E-state index is -6.43. The first-order valence-corrected chi connectivity index (χ1v) is 9.37. The molecule has 34 heavy (non-hydrogen) atoms. The number of nitriles is 1. The number of rotatable bonds is 8. The van der Waals surface area contributed by atoms with Crippen LogP contribution in [-0.2, 0) is 11.3 Å². The third-order valence-electron chi connectivity index (χ3n) is 4.65. The molecule has 0 atom stereocenters. The number of halogens is 8. The molecule has 3 rings (SSSR count). The van der Waals surface area contributed by atoms with Crippen LogP contribution in [0.15, 0.2) is 70.9 Å². The van der Waals surface area contributed by atoms with E-state index in [1.807, 2.05) is 6.07 Å². The Morgan fingerprint density at radius 1 is 0.794 bits per heavy atom. The minimum absolute atomic E-state index is 0.131. The van der Waals surface area contributed by atoms with Crippen molar-refractivity contribution in [1.82, 2.24) is 0 Å². The Morgan fingerprint density at radius 2 is 1.35 bits per heavy atom. The van der Waals surface area contributed by atoms with E-state index in [1.54, 1.807) is 36.4 Å². The Balaban J connectivity index is 1.67. The third kappa shape index (κ3) is 4.99. The quantitative estimate of drug-likeness (QED) is 0.241. The highest BCUT2D eigenvalue weighted by Gasteiger charge is 2.76. The first-order chi connectivity index (χ1) is 15.9. The van der Waals surface area contributed by atoms with Gasteiger partial charge in [0.1, 0.15) is 0 Å². The summed E-state index contributed by atoms with van der Waals surface area (Å²) < 4.78 is 107. The summed E-state index contributed by atoms with van der Waals surface area (Å²) in [6.45, 7) is -1.26. The lowest BCUT2D eigenvalue weighted by molar-refractivity contribution is -0.415. The largest absolute Gasteiger partial charge is 0.426 e. The van der Waals surface area contributed by atoms with Gasteiger partial charge in [0.15, 0.2) is 0 Å². The first-order valence-electron chi connectivity index (χ1n) is 9.37. The maximum Gasteiger partial charge on any atom is 0.426 e. The van der Waals surface area contributed by atoms with Crippen LogP contribution in [0.1, 0.15) is 11.1 Å². The van der Waals surface area contributed by atoms with Crippen molar-refractivity contribution in [1.29, 1.82) is 5.26 Å². The fourth-order valence-electron chi connectivity index (χ4n) is 2.73. The Morgan fingerprint density at radius 3 is 1.97 bits per heavy atom. The summed E-state index contributed by atoms with van der Waals surface area (Å²) in [5.74, 6) is -12.7. The van der Waals surface area contributed by atoms with Crippen molar-refractivity contribution in [2.75, 3.05) is 0 Å². The average Bonchev–Trinajstić information content (AvgIpc) is 2.81. The van der Waals surface area contributed by atoms with E-state index in [0.29, 0.717) is 11.3 Å². The molecule has 3 aromatic carbocycles. The topological polar surface area (TPSA) is 57.7 Å². The molecule has 0 saturated carbocycles. The SMILES string of the molecule is N#Cc1ccc2cc(N=Nc3ccc(COC(F)(F)C(F)(F)C(F)(F)C(F)F)cc3)ccc2c1. The molecule has 0 saturated heterocycles. The average molecular weight is 487 g/mol. The van der Waals surface area contributed by atoms with Gasteiger partial charge in [-0.15, -0.1) is 0 Å². The molecule has 3 aromatic rings. The Bertz CT molecular complexity index is 1240. The predicted molar refractivity (Wildman–Crippen MR) is 105 cm³/mol. The monoisotopic (exact) mass is 487 g/mol. The normalized spacial score (nSPS) is 13.1. The van der Waals surface area contributed by atoms with E-state index in [0.717, 1.165) is 22.9 Å². The number of benzene rings is 3. The van der Waals surface area contributed by atoms with E-state index >= 15 is 0 Å². The molecular formula is C22H13F8N3O. The second-order valence-electron chi connectivity index (χ2n) is 7.03. The fraction of sp³-hybridized carbons (Fsp3) is 0.227. The third-order valence-corrected chi connectivity index (χ3v) is 4.65. The highest BCUT2D eigenvalue weighted by atomic mass is 19.4. The highest BCUT2D eigenvalue weighted by Crippen LogP contribution is 2.49. The maximum atomic E-state index is 13.4. The molecule has 0 aliphatic rings. The molecule has 0 bridgehead atoms. The Labute approximate surface area is 187 Å². The summed E-state index contributed by atoms with van der Waals surface area (Å²) in [5.41, 5.74) is 1.07. The van der Waals surface area contributed by atoms with Crippen LogP contribution >= 0.6 is 0 Å². The fourth-order valence-corrected chi connectivity index (χ4v) is 2.73. The number of ether oxygens (including phenoxy) is 1. The second kappa shape index (κ2) is 9.34. The van der Waals surface area contributed by atoms with Gasteiger partial charge >= 0.3 is 24.4 Å². The number of fused-ring (bicyclic) bond motifs is 1. The zero-order valence-electron chi connectivity index (χ0n) is 16.8. The van der Waals surface area contributed by atoms with Gasteiger partial charge in [0.05, 0.1) is 29.6 Å². The minimum Gasteiger partial charge on any atom is -0.311 e. The van der Waals surface area contributed by atoms with Crippen LogP contribution in [0.5, 0.6) is 0 Å². The molecule has 12 heteroatoms. The van der Waals surface area contributed by atoms with Gasteiger partial charge in [-0.05, 0) is 52.7 Å². The molecule has 0 aliphatic heterocycles. The van der Waals surface area contributed by atoms with Crippen LogP contribution in [0.25, 0.3) is 10.8 Å². The predicted octanol–water partition coefficient (Wildman–Crippen LogP) is 7.77. The van der Waals surface area contributed by atoms with Gasteiger partial charge in [0.25, 0.3) is 0 Å². The standard InChI is InChI=1S/C22H13F8N3O/c23-19(24)20(25,26)21(27,28)22(29,30)34-12-13-2-6-17(7-3-13)32-33-18-8-5-15-9-14(11-31)1-4-16(15)10-18/h1-10,19H,12H2. The molecule has 0 unspecified atom stereocenters. The van der Waals surface area contributed by atoms with E-state index in [1.165, 1.54) is 12.1 Å². The summed E-state index contributed by atoms with van der Waals surface area (Å²) in [7, 11) is 0. The van der Waals surface area contributed by atoms with E-state index in [4.69, 9.17) is 5.26 Å². The zero-order chi connectivity index (χ0) is 25.1. The van der Waals surface area contributed by atoms with Gasteiger partial charge in [-0.3, -0.25) is 0 Å². The summed E-state index contributed by atoms with van der Waals surface area (Å²) >= 11 is 0. The van der Waals surface area contributed by atoms with E-state index in [2.05, 4.69) is 15.0 Å². The van der Waals surface area contributed by atoms with Gasteiger partial charge in [-0.1, -0.05) is 24.3 Å². The van der Waals surface area contributed by atoms with Crippen molar-refractivity contribution >= 4 is 22.1 Å². The molecule has 0 radical (unpaired) electrons. The summed E-state index contributed by atoms with van der Waals surface area (Å²) in [4.78, 5) is 0. The van der Waals surface area contributed by atoms with E-state index in [-0.39, 0.29) is 11.3 Å². The van der Waals surface area contributed by atoms with Crippen LogP contribution in [0.2, 0.25) is 0 Å². The Kier molecular flexibility index (Phi) is 6.88. The van der Waals surface area contributed by atoms with Crippen molar-refractivity contribution in [2.45, 2.75) is 31.0 Å². The number of alkyl halides is 8. The van der Waals surface area contributed by atoms with Crippen molar-refractivity contribution in [3.8, 4) is 6.07 Å². The summed E-state index contributed by atoms with van der Waals surface area (Å²) in [5, 5.41) is 18.5. The molecule has 4 nitrogen and oxygen atoms in total. The Hall–Kier alpha value is -3.59. The first kappa shape index (κ1) is 25.0. The van der Waals surface area contributed by atoms with Gasteiger partial charge in [0, 0.05) is 0 Å². The van der Waals surface area contributed by atoms with Crippen LogP contribution in [-0.4, -0.2) is 24.4 Å². The second-order valence-corrected chi connectivity index (χ2v) is 7.03. The van der Waals surface area contributed by atoms with Crippen LogP contribution in [0, 0.1) is 11.3 Å². The van der Waals surface area contributed by atoms with E-state index < -0.39 is 31.0 Å². The van der Waals surface area contributed by atoms with Crippen molar-refractivity contribution in [3.63, 3.8) is 0 Å². The van der Waals surface area contributed by atoms with E-state index in [9.17, 15) is 35.1 Å². The summed E-state index contributed by atoms with van der Waals surface area (Å²) in [6, 6.07) is 17.0. The lowest BCUT2D eigenvalue weighted by atomic mass is 10.1. The van der Waals surface area contributed by atoms with Crippen LogP contribution in [0.4, 0.5) is 46.5 Å². The van der Waals surface area contributed by atoms with Gasteiger partial charge in [0.2, 0.25) is 0 Å². The van der Waals surface area contributed by atoms with Gasteiger partial charge in [-0.2, -0.15) is 41.8 Å². The number of nitrogens with zero attached hydrogens (tertiary/aromatic N) is 3. The molecule has 0 N–H and O–H groups in total. The van der Waals surface area contributed by atoms with Crippen molar-refractivity contribution in [3.05, 3.63) is 71.8 Å². The zero-order valence-corrected chi connectivity index (χ0v) is 16.8.